The van der Waals surface area contributed by atoms with Crippen molar-refractivity contribution in [2.24, 2.45) is 0 Å². The Morgan fingerprint density at radius 2 is 1.47 bits per heavy atom. The highest BCUT2D eigenvalue weighted by atomic mass is 32.2. The molecule has 162 valence electrons. The van der Waals surface area contributed by atoms with Crippen molar-refractivity contribution >= 4 is 29.0 Å². The van der Waals surface area contributed by atoms with Gasteiger partial charge in [-0.1, -0.05) is 30.0 Å². The zero-order valence-corrected chi connectivity index (χ0v) is 17.7. The number of hydrogen-bond acceptors (Lipinski definition) is 5. The summed E-state index contributed by atoms with van der Waals surface area (Å²) in [7, 11) is 0. The van der Waals surface area contributed by atoms with Gasteiger partial charge in [-0.05, 0) is 60.7 Å². The molecular formula is C23H19F2N5OS. The number of hydrogen-bond donors (Lipinski definition) is 2. The molecule has 0 aliphatic carbocycles. The van der Waals surface area contributed by atoms with Crippen LogP contribution in [0.5, 0.6) is 0 Å². The van der Waals surface area contributed by atoms with E-state index >= 15 is 0 Å². The molecule has 32 heavy (non-hydrogen) atoms. The number of carbonyl (C=O) groups is 1. The third-order valence-electron chi connectivity index (χ3n) is 4.47. The van der Waals surface area contributed by atoms with Crippen molar-refractivity contribution in [3.05, 3.63) is 96.3 Å². The van der Waals surface area contributed by atoms with Gasteiger partial charge in [0.05, 0.1) is 12.3 Å². The molecule has 0 spiro atoms. The van der Waals surface area contributed by atoms with Crippen molar-refractivity contribution in [2.45, 2.75) is 11.7 Å². The largest absolute Gasteiger partial charge is 0.378 e. The highest BCUT2D eigenvalue weighted by Gasteiger charge is 2.16. The average Bonchev–Trinajstić information content (AvgIpc) is 3.22. The van der Waals surface area contributed by atoms with Crippen LogP contribution in [0.2, 0.25) is 0 Å². The highest BCUT2D eigenvalue weighted by molar-refractivity contribution is 7.99. The lowest BCUT2D eigenvalue weighted by Crippen LogP contribution is -2.15. The van der Waals surface area contributed by atoms with Crippen molar-refractivity contribution < 1.29 is 13.6 Å². The number of thioether (sulfide) groups is 1. The van der Waals surface area contributed by atoms with E-state index in [1.807, 2.05) is 34.9 Å². The summed E-state index contributed by atoms with van der Waals surface area (Å²) in [5, 5.41) is 15.0. The number of nitrogens with zero attached hydrogens (tertiary/aromatic N) is 3. The zero-order valence-electron chi connectivity index (χ0n) is 16.8. The SMILES string of the molecule is O=C(CSc1nnc(CNc2ccc(F)cc2)n1-c1ccccc1)Nc1ccc(F)cc1. The normalized spacial score (nSPS) is 10.7. The summed E-state index contributed by atoms with van der Waals surface area (Å²) < 4.78 is 28.0. The van der Waals surface area contributed by atoms with Crippen molar-refractivity contribution in [3.8, 4) is 5.69 Å². The van der Waals surface area contributed by atoms with Crippen LogP contribution < -0.4 is 10.6 Å². The molecule has 9 heteroatoms. The summed E-state index contributed by atoms with van der Waals surface area (Å²) in [5.74, 6) is -0.166. The van der Waals surface area contributed by atoms with E-state index in [0.717, 1.165) is 11.4 Å². The lowest BCUT2D eigenvalue weighted by atomic mass is 10.3. The topological polar surface area (TPSA) is 71.8 Å². The van der Waals surface area contributed by atoms with Gasteiger partial charge in [-0.3, -0.25) is 9.36 Å². The molecule has 0 aliphatic rings. The van der Waals surface area contributed by atoms with Crippen molar-refractivity contribution in [2.75, 3.05) is 16.4 Å². The fourth-order valence-electron chi connectivity index (χ4n) is 2.95. The molecule has 0 unspecified atom stereocenters. The minimum absolute atomic E-state index is 0.105. The molecular weight excluding hydrogens is 432 g/mol. The van der Waals surface area contributed by atoms with Crippen LogP contribution in [0.3, 0.4) is 0 Å². The monoisotopic (exact) mass is 451 g/mol. The quantitative estimate of drug-likeness (QED) is 0.373. The number of anilines is 2. The van der Waals surface area contributed by atoms with Gasteiger partial charge in [0, 0.05) is 17.1 Å². The molecule has 1 aromatic heterocycles. The molecule has 4 rings (SSSR count). The Morgan fingerprint density at radius 3 is 2.12 bits per heavy atom. The molecule has 0 radical (unpaired) electrons. The number of carbonyl (C=O) groups excluding carboxylic acids is 1. The summed E-state index contributed by atoms with van der Waals surface area (Å²) in [6, 6.07) is 21.2. The minimum Gasteiger partial charge on any atom is -0.378 e. The Balaban J connectivity index is 1.48. The Kier molecular flexibility index (Phi) is 6.76. The van der Waals surface area contributed by atoms with E-state index in [0.29, 0.717) is 23.2 Å². The summed E-state index contributed by atoms with van der Waals surface area (Å²) in [6.07, 6.45) is 0. The molecule has 1 amide bonds. The third kappa shape index (κ3) is 5.50. The maximum atomic E-state index is 13.1. The van der Waals surface area contributed by atoms with E-state index in [1.165, 1.54) is 48.2 Å². The van der Waals surface area contributed by atoms with Crippen LogP contribution in [0.1, 0.15) is 5.82 Å². The van der Waals surface area contributed by atoms with Crippen molar-refractivity contribution in [3.63, 3.8) is 0 Å². The lowest BCUT2D eigenvalue weighted by Gasteiger charge is -2.11. The van der Waals surface area contributed by atoms with Gasteiger partial charge in [-0.25, -0.2) is 8.78 Å². The molecule has 0 bridgehead atoms. The van der Waals surface area contributed by atoms with E-state index in [4.69, 9.17) is 0 Å². The van der Waals surface area contributed by atoms with E-state index in [2.05, 4.69) is 20.8 Å². The Bertz CT molecular complexity index is 1180. The van der Waals surface area contributed by atoms with Gasteiger partial charge >= 0.3 is 0 Å². The van der Waals surface area contributed by atoms with Crippen molar-refractivity contribution in [1.29, 1.82) is 0 Å². The second-order valence-electron chi connectivity index (χ2n) is 6.77. The molecule has 0 saturated carbocycles. The number of benzene rings is 3. The van der Waals surface area contributed by atoms with Crippen LogP contribution in [0.4, 0.5) is 20.2 Å². The molecule has 6 nitrogen and oxygen atoms in total. The first kappa shape index (κ1) is 21.5. The van der Waals surface area contributed by atoms with Gasteiger partial charge in [-0.2, -0.15) is 0 Å². The number of amides is 1. The fraction of sp³-hybridized carbons (Fsp3) is 0.0870. The second kappa shape index (κ2) is 10.1. The lowest BCUT2D eigenvalue weighted by molar-refractivity contribution is -0.113. The average molecular weight is 452 g/mol. The van der Waals surface area contributed by atoms with Crippen LogP contribution in [-0.2, 0) is 11.3 Å². The van der Waals surface area contributed by atoms with E-state index in [-0.39, 0.29) is 23.3 Å². The van der Waals surface area contributed by atoms with Gasteiger partial charge in [0.25, 0.3) is 0 Å². The molecule has 1 heterocycles. The molecule has 3 aromatic carbocycles. The van der Waals surface area contributed by atoms with E-state index in [1.54, 1.807) is 12.1 Å². The van der Waals surface area contributed by atoms with E-state index in [9.17, 15) is 13.6 Å². The predicted molar refractivity (Wildman–Crippen MR) is 121 cm³/mol. The van der Waals surface area contributed by atoms with E-state index < -0.39 is 0 Å². The summed E-state index contributed by atoms with van der Waals surface area (Å²) >= 11 is 1.24. The Labute approximate surface area is 187 Å². The number of rotatable bonds is 8. The first-order valence-corrected chi connectivity index (χ1v) is 10.7. The molecule has 0 aliphatic heterocycles. The summed E-state index contributed by atoms with van der Waals surface area (Å²) in [6.45, 7) is 0.357. The third-order valence-corrected chi connectivity index (χ3v) is 5.40. The van der Waals surface area contributed by atoms with Crippen LogP contribution in [0, 0.1) is 11.6 Å². The molecule has 0 fully saturated rings. The first-order chi connectivity index (χ1) is 15.6. The van der Waals surface area contributed by atoms with Gasteiger partial charge in [0.1, 0.15) is 11.6 Å². The highest BCUT2D eigenvalue weighted by Crippen LogP contribution is 2.23. The summed E-state index contributed by atoms with van der Waals surface area (Å²) in [5.41, 5.74) is 2.13. The van der Waals surface area contributed by atoms with Crippen LogP contribution in [0.15, 0.2) is 84.0 Å². The second-order valence-corrected chi connectivity index (χ2v) is 7.72. The maximum absolute atomic E-state index is 13.1. The zero-order chi connectivity index (χ0) is 22.3. The first-order valence-electron chi connectivity index (χ1n) is 9.76. The number of para-hydroxylation sites is 1. The van der Waals surface area contributed by atoms with Gasteiger partial charge < -0.3 is 10.6 Å². The van der Waals surface area contributed by atoms with Crippen LogP contribution in [-0.4, -0.2) is 26.4 Å². The maximum Gasteiger partial charge on any atom is 0.234 e. The van der Waals surface area contributed by atoms with Crippen LogP contribution >= 0.6 is 11.8 Å². The number of nitrogens with one attached hydrogen (secondary N) is 2. The predicted octanol–water partition coefficient (Wildman–Crippen LogP) is 4.89. The van der Waals surface area contributed by atoms with Gasteiger partial charge in [0.15, 0.2) is 11.0 Å². The molecule has 4 aromatic rings. The number of halogens is 2. The Morgan fingerprint density at radius 1 is 0.844 bits per heavy atom. The van der Waals surface area contributed by atoms with Gasteiger partial charge in [0.2, 0.25) is 5.91 Å². The van der Waals surface area contributed by atoms with Crippen molar-refractivity contribution in [1.82, 2.24) is 14.8 Å². The van der Waals surface area contributed by atoms with Crippen LogP contribution in [0.25, 0.3) is 5.69 Å². The minimum atomic E-state index is -0.366. The molecule has 0 atom stereocenters. The van der Waals surface area contributed by atoms with Gasteiger partial charge in [-0.15, -0.1) is 10.2 Å². The summed E-state index contributed by atoms with van der Waals surface area (Å²) in [4.78, 5) is 12.3. The smallest absolute Gasteiger partial charge is 0.234 e. The Hall–Kier alpha value is -3.72. The standard InChI is InChI=1S/C23H19F2N5OS/c24-16-6-10-18(11-7-16)26-14-21-28-29-23(30(21)20-4-2-1-3-5-20)32-15-22(31)27-19-12-8-17(25)9-13-19/h1-13,26H,14-15H2,(H,27,31). The molecule has 0 saturated heterocycles. The molecule has 2 N–H and O–H groups in total. The number of aromatic nitrogens is 3. The fourth-order valence-corrected chi connectivity index (χ4v) is 3.72.